The average Bonchev–Trinajstić information content (AvgIpc) is 2.33. The second-order valence-electron chi connectivity index (χ2n) is 2.97. The molecule has 1 aliphatic heterocycles. The highest BCUT2D eigenvalue weighted by molar-refractivity contribution is 4.85. The fourth-order valence-corrected chi connectivity index (χ4v) is 1.47. The van der Waals surface area contributed by atoms with Gasteiger partial charge in [-0.1, -0.05) is 0 Å². The van der Waals surface area contributed by atoms with E-state index in [9.17, 15) is 0 Å². The molecule has 0 aromatic rings. The minimum atomic E-state index is 0.340. The van der Waals surface area contributed by atoms with E-state index in [1.807, 2.05) is 4.90 Å². The van der Waals surface area contributed by atoms with Crippen molar-refractivity contribution in [3.63, 3.8) is 0 Å². The summed E-state index contributed by atoms with van der Waals surface area (Å²) in [6.07, 6.45) is 1.38. The molecule has 0 aliphatic carbocycles. The van der Waals surface area contributed by atoms with Gasteiger partial charge in [-0.15, -0.1) is 0 Å². The third-order valence-corrected chi connectivity index (χ3v) is 2.18. The largest absolute Gasteiger partial charge is 0.453 e. The standard InChI is InChI=1S/C8H16NO2/c1-9-5-8(11-3)4-7(9)6-10-2/h7-8H,1,4-6H2,2-3H3/q-1/t7-,8-/m0/s1. The molecule has 0 aromatic heterocycles. The van der Waals surface area contributed by atoms with Crippen molar-refractivity contribution in [3.8, 4) is 0 Å². The predicted molar refractivity (Wildman–Crippen MR) is 43.1 cm³/mol. The van der Waals surface area contributed by atoms with Gasteiger partial charge < -0.3 is 14.4 Å². The summed E-state index contributed by atoms with van der Waals surface area (Å²) in [7, 11) is 7.37. The Morgan fingerprint density at radius 2 is 2.27 bits per heavy atom. The van der Waals surface area contributed by atoms with Crippen LogP contribution in [0.4, 0.5) is 0 Å². The van der Waals surface area contributed by atoms with Crippen LogP contribution < -0.4 is 0 Å². The summed E-state index contributed by atoms with van der Waals surface area (Å²) >= 11 is 0. The van der Waals surface area contributed by atoms with Crippen LogP contribution in [0.2, 0.25) is 0 Å². The van der Waals surface area contributed by atoms with Gasteiger partial charge >= 0.3 is 0 Å². The molecule has 0 radical (unpaired) electrons. The van der Waals surface area contributed by atoms with Crippen molar-refractivity contribution in [2.24, 2.45) is 0 Å². The number of rotatable bonds is 3. The van der Waals surface area contributed by atoms with E-state index in [1.54, 1.807) is 14.2 Å². The number of nitrogens with zero attached hydrogens (tertiary/aromatic N) is 1. The molecule has 1 fully saturated rings. The van der Waals surface area contributed by atoms with Crippen LogP contribution in [0.25, 0.3) is 0 Å². The van der Waals surface area contributed by atoms with Gasteiger partial charge in [-0.2, -0.15) is 0 Å². The molecule has 0 N–H and O–H groups in total. The zero-order chi connectivity index (χ0) is 8.27. The van der Waals surface area contributed by atoms with Gasteiger partial charge in [0.2, 0.25) is 0 Å². The van der Waals surface area contributed by atoms with Crippen molar-refractivity contribution in [1.82, 2.24) is 4.90 Å². The highest BCUT2D eigenvalue weighted by atomic mass is 16.5. The Bertz CT molecular complexity index is 119. The van der Waals surface area contributed by atoms with Crippen LogP contribution in [0.5, 0.6) is 0 Å². The number of methoxy groups -OCH3 is 2. The first-order valence-electron chi connectivity index (χ1n) is 3.86. The second-order valence-corrected chi connectivity index (χ2v) is 2.97. The Kier molecular flexibility index (Phi) is 3.30. The molecule has 1 rings (SSSR count). The summed E-state index contributed by atoms with van der Waals surface area (Å²) in [5.41, 5.74) is 0. The van der Waals surface area contributed by atoms with Crippen molar-refractivity contribution < 1.29 is 9.47 Å². The lowest BCUT2D eigenvalue weighted by Crippen LogP contribution is -2.27. The molecule has 11 heavy (non-hydrogen) atoms. The number of hydrogen-bond donors (Lipinski definition) is 0. The molecule has 2 atom stereocenters. The lowest BCUT2D eigenvalue weighted by atomic mass is 10.2. The van der Waals surface area contributed by atoms with Gasteiger partial charge in [-0.05, 0) is 13.0 Å². The molecule has 1 aliphatic rings. The first kappa shape index (κ1) is 8.97. The van der Waals surface area contributed by atoms with Crippen LogP contribution in [0.15, 0.2) is 0 Å². The summed E-state index contributed by atoms with van der Waals surface area (Å²) < 4.78 is 10.3. The molecule has 0 bridgehead atoms. The van der Waals surface area contributed by atoms with Crippen LogP contribution in [0.1, 0.15) is 6.42 Å². The van der Waals surface area contributed by atoms with Crippen LogP contribution >= 0.6 is 0 Å². The Morgan fingerprint density at radius 3 is 2.73 bits per heavy atom. The Morgan fingerprint density at radius 1 is 1.55 bits per heavy atom. The van der Waals surface area contributed by atoms with Gasteiger partial charge in [0.25, 0.3) is 0 Å². The molecule has 1 saturated heterocycles. The van der Waals surface area contributed by atoms with E-state index in [2.05, 4.69) is 7.05 Å². The fourth-order valence-electron chi connectivity index (χ4n) is 1.47. The topological polar surface area (TPSA) is 21.7 Å². The van der Waals surface area contributed by atoms with E-state index in [0.29, 0.717) is 12.1 Å². The summed E-state index contributed by atoms with van der Waals surface area (Å²) in [4.78, 5) is 2.04. The van der Waals surface area contributed by atoms with E-state index in [1.165, 1.54) is 0 Å². The maximum atomic E-state index is 5.22. The molecular formula is C8H16NO2-. The van der Waals surface area contributed by atoms with Gasteiger partial charge in [0.1, 0.15) is 0 Å². The minimum Gasteiger partial charge on any atom is -0.453 e. The summed E-state index contributed by atoms with van der Waals surface area (Å²) in [6.45, 7) is 1.67. The van der Waals surface area contributed by atoms with Crippen LogP contribution in [-0.2, 0) is 9.47 Å². The third-order valence-electron chi connectivity index (χ3n) is 2.18. The Labute approximate surface area is 68.3 Å². The monoisotopic (exact) mass is 158 g/mol. The molecular weight excluding hydrogens is 142 g/mol. The molecule has 0 unspecified atom stereocenters. The summed E-state index contributed by atoms with van der Waals surface area (Å²) in [6, 6.07) is 0.435. The average molecular weight is 158 g/mol. The van der Waals surface area contributed by atoms with E-state index < -0.39 is 0 Å². The van der Waals surface area contributed by atoms with E-state index in [0.717, 1.165) is 19.6 Å². The SMILES string of the molecule is [CH2-]N1C[C@@H](OC)C[C@H]1COC. The van der Waals surface area contributed by atoms with Gasteiger partial charge in [-0.3, -0.25) is 7.05 Å². The highest BCUT2D eigenvalue weighted by Gasteiger charge is 2.24. The van der Waals surface area contributed by atoms with Gasteiger partial charge in [0, 0.05) is 20.3 Å². The zero-order valence-electron chi connectivity index (χ0n) is 7.25. The smallest absolute Gasteiger partial charge is 0.0689 e. The van der Waals surface area contributed by atoms with Crippen molar-refractivity contribution in [2.75, 3.05) is 27.4 Å². The van der Waals surface area contributed by atoms with Gasteiger partial charge in [0.15, 0.2) is 0 Å². The minimum absolute atomic E-state index is 0.340. The molecule has 3 heteroatoms. The fraction of sp³-hybridized carbons (Fsp3) is 0.875. The predicted octanol–water partition coefficient (Wildman–Crippen LogP) is 0.514. The zero-order valence-corrected chi connectivity index (χ0v) is 7.25. The number of hydrogen-bond acceptors (Lipinski definition) is 3. The summed E-state index contributed by atoms with van der Waals surface area (Å²) in [5, 5.41) is 0. The van der Waals surface area contributed by atoms with E-state index >= 15 is 0 Å². The molecule has 0 amide bonds. The molecule has 0 spiro atoms. The third kappa shape index (κ3) is 2.15. The lowest BCUT2D eigenvalue weighted by molar-refractivity contribution is 0.110. The van der Waals surface area contributed by atoms with Crippen LogP contribution in [0, 0.1) is 7.05 Å². The highest BCUT2D eigenvalue weighted by Crippen LogP contribution is 2.18. The van der Waals surface area contributed by atoms with Crippen molar-refractivity contribution in [2.45, 2.75) is 18.6 Å². The Hall–Kier alpha value is -0.120. The molecule has 3 nitrogen and oxygen atoms in total. The second kappa shape index (κ2) is 4.04. The molecule has 0 aromatic carbocycles. The number of ether oxygens (including phenoxy) is 2. The van der Waals surface area contributed by atoms with Crippen LogP contribution in [0.3, 0.4) is 0 Å². The Balaban J connectivity index is 2.32. The van der Waals surface area contributed by atoms with E-state index in [4.69, 9.17) is 9.47 Å². The molecule has 1 heterocycles. The van der Waals surface area contributed by atoms with Crippen LogP contribution in [-0.4, -0.2) is 44.4 Å². The van der Waals surface area contributed by atoms with Crippen molar-refractivity contribution >= 4 is 0 Å². The first-order valence-corrected chi connectivity index (χ1v) is 3.86. The van der Waals surface area contributed by atoms with Crippen molar-refractivity contribution in [3.05, 3.63) is 7.05 Å². The number of likely N-dealkylation sites (tertiary alicyclic amines) is 1. The van der Waals surface area contributed by atoms with Gasteiger partial charge in [0.05, 0.1) is 12.7 Å². The molecule has 66 valence electrons. The molecule has 0 saturated carbocycles. The normalized spacial score (nSPS) is 33.0. The first-order chi connectivity index (χ1) is 5.27. The van der Waals surface area contributed by atoms with E-state index in [-0.39, 0.29) is 0 Å². The maximum Gasteiger partial charge on any atom is 0.0689 e. The van der Waals surface area contributed by atoms with Crippen molar-refractivity contribution in [1.29, 1.82) is 0 Å². The lowest BCUT2D eigenvalue weighted by Gasteiger charge is -2.25. The quantitative estimate of drug-likeness (QED) is 0.559. The van der Waals surface area contributed by atoms with Gasteiger partial charge in [-0.25, -0.2) is 0 Å². The maximum absolute atomic E-state index is 5.22. The summed E-state index contributed by atoms with van der Waals surface area (Å²) in [5.74, 6) is 0.